The molecule has 0 aliphatic heterocycles. The molecule has 0 saturated carbocycles. The molecule has 1 aromatic heterocycles. The summed E-state index contributed by atoms with van der Waals surface area (Å²) in [5.41, 5.74) is 5.78. The molecular weight excluding hydrogens is 368 g/mol. The summed E-state index contributed by atoms with van der Waals surface area (Å²) in [7, 11) is 0. The Morgan fingerprint density at radius 1 is 1.37 bits per heavy atom. The first kappa shape index (κ1) is 21.2. The number of fused-ring (bicyclic) bond motifs is 1. The van der Waals surface area contributed by atoms with E-state index in [1.807, 2.05) is 6.92 Å². The number of aromatic nitrogens is 2. The van der Waals surface area contributed by atoms with Gasteiger partial charge in [0.2, 0.25) is 0 Å². The predicted molar refractivity (Wildman–Crippen MR) is 107 cm³/mol. The van der Waals surface area contributed by atoms with Gasteiger partial charge in [-0.05, 0) is 53.2 Å². The third-order valence-electron chi connectivity index (χ3n) is 3.98. The van der Waals surface area contributed by atoms with Crippen LogP contribution in [-0.2, 0) is 4.74 Å². The first-order chi connectivity index (χ1) is 12.5. The molecule has 0 saturated heterocycles. The van der Waals surface area contributed by atoms with Crippen molar-refractivity contribution < 1.29 is 9.53 Å². The van der Waals surface area contributed by atoms with Crippen LogP contribution >= 0.6 is 11.6 Å². The number of carbonyl (C=O) groups excluding carboxylic acids is 1. The molecule has 0 bridgehead atoms. The van der Waals surface area contributed by atoms with Crippen molar-refractivity contribution in [1.29, 1.82) is 0 Å². The minimum atomic E-state index is -0.562. The number of alkyl carbamates (subject to hydrolysis) is 1. The maximum atomic E-state index is 13.1. The second kappa shape index (κ2) is 8.27. The highest BCUT2D eigenvalue weighted by Crippen LogP contribution is 2.22. The fourth-order valence-corrected chi connectivity index (χ4v) is 3.04. The van der Waals surface area contributed by atoms with Crippen molar-refractivity contribution in [2.45, 2.75) is 58.7 Å². The van der Waals surface area contributed by atoms with E-state index in [9.17, 15) is 9.59 Å². The van der Waals surface area contributed by atoms with Crippen LogP contribution < -0.4 is 16.6 Å². The number of nitrogens with zero attached hydrogens (tertiary/aromatic N) is 2. The van der Waals surface area contributed by atoms with E-state index in [2.05, 4.69) is 10.3 Å². The summed E-state index contributed by atoms with van der Waals surface area (Å²) in [6, 6.07) is 4.50. The van der Waals surface area contributed by atoms with Gasteiger partial charge in [-0.3, -0.25) is 9.36 Å². The minimum absolute atomic E-state index is 0.234. The summed E-state index contributed by atoms with van der Waals surface area (Å²) >= 11 is 6.22. The van der Waals surface area contributed by atoms with E-state index in [1.165, 1.54) is 0 Å². The van der Waals surface area contributed by atoms with E-state index < -0.39 is 17.7 Å². The maximum Gasteiger partial charge on any atom is 0.407 e. The molecule has 2 aromatic rings. The molecule has 0 radical (unpaired) electrons. The number of amides is 1. The van der Waals surface area contributed by atoms with E-state index in [0.29, 0.717) is 34.7 Å². The van der Waals surface area contributed by atoms with Gasteiger partial charge in [-0.2, -0.15) is 0 Å². The molecule has 2 rings (SSSR count). The van der Waals surface area contributed by atoms with Crippen molar-refractivity contribution in [2.24, 2.45) is 5.73 Å². The minimum Gasteiger partial charge on any atom is -0.444 e. The average molecular weight is 395 g/mol. The molecular formula is C19H27ClN4O3. The van der Waals surface area contributed by atoms with Gasteiger partial charge < -0.3 is 15.8 Å². The van der Waals surface area contributed by atoms with Crippen molar-refractivity contribution >= 4 is 28.6 Å². The zero-order chi connectivity index (χ0) is 20.4. The van der Waals surface area contributed by atoms with Gasteiger partial charge in [0.1, 0.15) is 11.4 Å². The zero-order valence-electron chi connectivity index (χ0n) is 16.4. The molecule has 1 aromatic carbocycles. The van der Waals surface area contributed by atoms with Crippen molar-refractivity contribution in [2.75, 3.05) is 6.54 Å². The maximum absolute atomic E-state index is 13.1. The predicted octanol–water partition coefficient (Wildman–Crippen LogP) is 3.55. The van der Waals surface area contributed by atoms with E-state index in [0.717, 1.165) is 0 Å². The third kappa shape index (κ3) is 5.20. The van der Waals surface area contributed by atoms with Crippen LogP contribution in [0.2, 0.25) is 5.02 Å². The molecule has 0 aliphatic rings. The lowest BCUT2D eigenvalue weighted by Crippen LogP contribution is -2.35. The topological polar surface area (TPSA) is 99.2 Å². The van der Waals surface area contributed by atoms with E-state index >= 15 is 0 Å². The van der Waals surface area contributed by atoms with Gasteiger partial charge in [-0.15, -0.1) is 0 Å². The molecule has 1 heterocycles. The lowest BCUT2D eigenvalue weighted by atomic mass is 10.1. The lowest BCUT2D eigenvalue weighted by molar-refractivity contribution is 0.0525. The van der Waals surface area contributed by atoms with E-state index in [-0.39, 0.29) is 11.6 Å². The molecule has 1 unspecified atom stereocenters. The number of hydrogen-bond donors (Lipinski definition) is 2. The Balaban J connectivity index is 2.27. The Labute approximate surface area is 163 Å². The van der Waals surface area contributed by atoms with Crippen LogP contribution in [0, 0.1) is 0 Å². The summed E-state index contributed by atoms with van der Waals surface area (Å²) in [6.07, 6.45) is 0.0189. The first-order valence-corrected chi connectivity index (χ1v) is 9.32. The number of benzene rings is 1. The second-order valence-electron chi connectivity index (χ2n) is 7.63. The van der Waals surface area contributed by atoms with E-state index in [4.69, 9.17) is 22.1 Å². The van der Waals surface area contributed by atoms with Gasteiger partial charge in [-0.1, -0.05) is 17.7 Å². The standard InChI is InChI=1S/C19H27ClN4O3/c1-11(9-10-22-18(26)27-19(3,4)5)24-16(12(2)21)23-14-8-6-7-13(20)15(14)17(24)25/h6-8,11-12H,9-10,21H2,1-5H3,(H,22,26)/t11?,12-/m0/s1. The molecule has 1 amide bonds. The Hall–Kier alpha value is -2.12. The molecule has 27 heavy (non-hydrogen) atoms. The zero-order valence-corrected chi connectivity index (χ0v) is 17.1. The number of ether oxygens (including phenoxy) is 1. The Kier molecular flexibility index (Phi) is 6.49. The SMILES string of the molecule is CC(CCNC(=O)OC(C)(C)C)n1c([C@H](C)N)nc2cccc(Cl)c2c1=O. The summed E-state index contributed by atoms with van der Waals surface area (Å²) < 4.78 is 6.78. The van der Waals surface area contributed by atoms with Gasteiger partial charge in [-0.25, -0.2) is 9.78 Å². The van der Waals surface area contributed by atoms with Gasteiger partial charge >= 0.3 is 6.09 Å². The fraction of sp³-hybridized carbons (Fsp3) is 0.526. The van der Waals surface area contributed by atoms with Crippen molar-refractivity contribution in [3.8, 4) is 0 Å². The summed E-state index contributed by atoms with van der Waals surface area (Å²) in [5.74, 6) is 0.486. The molecule has 0 fully saturated rings. The number of nitrogens with one attached hydrogen (secondary N) is 1. The van der Waals surface area contributed by atoms with E-state index in [1.54, 1.807) is 50.5 Å². The van der Waals surface area contributed by atoms with Gasteiger partial charge in [0.25, 0.3) is 5.56 Å². The summed E-state index contributed by atoms with van der Waals surface area (Å²) in [6.45, 7) is 9.41. The first-order valence-electron chi connectivity index (χ1n) is 8.94. The second-order valence-corrected chi connectivity index (χ2v) is 8.04. The Morgan fingerprint density at radius 2 is 2.04 bits per heavy atom. The molecule has 0 spiro atoms. The lowest BCUT2D eigenvalue weighted by Gasteiger charge is -2.23. The van der Waals surface area contributed by atoms with Crippen LogP contribution in [0.4, 0.5) is 4.79 Å². The van der Waals surface area contributed by atoms with Gasteiger partial charge in [0.05, 0.1) is 22.0 Å². The summed E-state index contributed by atoms with van der Waals surface area (Å²) in [5, 5.41) is 3.43. The highest BCUT2D eigenvalue weighted by atomic mass is 35.5. The average Bonchev–Trinajstić information content (AvgIpc) is 2.52. The number of nitrogens with two attached hydrogens (primary N) is 1. The van der Waals surface area contributed by atoms with Crippen molar-refractivity contribution in [3.05, 3.63) is 39.4 Å². The highest BCUT2D eigenvalue weighted by Gasteiger charge is 2.20. The number of carbonyl (C=O) groups is 1. The summed E-state index contributed by atoms with van der Waals surface area (Å²) in [4.78, 5) is 29.4. The van der Waals surface area contributed by atoms with Crippen LogP contribution in [-0.4, -0.2) is 27.8 Å². The number of rotatable bonds is 5. The van der Waals surface area contributed by atoms with Crippen LogP contribution in [0.1, 0.15) is 58.9 Å². The fourth-order valence-electron chi connectivity index (χ4n) is 2.79. The Morgan fingerprint density at radius 3 is 2.63 bits per heavy atom. The Bertz CT molecular complexity index is 887. The highest BCUT2D eigenvalue weighted by molar-refractivity contribution is 6.35. The van der Waals surface area contributed by atoms with Gasteiger partial charge in [0.15, 0.2) is 0 Å². The molecule has 2 atom stereocenters. The largest absolute Gasteiger partial charge is 0.444 e. The molecule has 148 valence electrons. The molecule has 0 aliphatic carbocycles. The normalized spacial score (nSPS) is 14.0. The van der Waals surface area contributed by atoms with Crippen LogP contribution in [0.15, 0.2) is 23.0 Å². The van der Waals surface area contributed by atoms with Crippen molar-refractivity contribution in [1.82, 2.24) is 14.9 Å². The van der Waals surface area contributed by atoms with Gasteiger partial charge in [0, 0.05) is 12.6 Å². The van der Waals surface area contributed by atoms with Crippen LogP contribution in [0.5, 0.6) is 0 Å². The number of hydrogen-bond acceptors (Lipinski definition) is 5. The van der Waals surface area contributed by atoms with Crippen LogP contribution in [0.3, 0.4) is 0 Å². The molecule has 7 nitrogen and oxygen atoms in total. The number of halogens is 1. The molecule has 3 N–H and O–H groups in total. The monoisotopic (exact) mass is 394 g/mol. The quantitative estimate of drug-likeness (QED) is 0.807. The molecule has 8 heteroatoms. The third-order valence-corrected chi connectivity index (χ3v) is 4.30. The van der Waals surface area contributed by atoms with Crippen molar-refractivity contribution in [3.63, 3.8) is 0 Å². The van der Waals surface area contributed by atoms with Crippen LogP contribution in [0.25, 0.3) is 10.9 Å². The smallest absolute Gasteiger partial charge is 0.407 e.